The maximum absolute atomic E-state index is 12.1. The van der Waals surface area contributed by atoms with Crippen LogP contribution in [0, 0.1) is 0 Å². The summed E-state index contributed by atoms with van der Waals surface area (Å²) in [5.41, 5.74) is 3.03. The normalized spacial score (nSPS) is 12.3. The van der Waals surface area contributed by atoms with E-state index in [9.17, 15) is 9.59 Å². The van der Waals surface area contributed by atoms with E-state index in [0.717, 1.165) is 11.4 Å². The van der Waals surface area contributed by atoms with Crippen molar-refractivity contribution in [3.05, 3.63) is 50.9 Å². The van der Waals surface area contributed by atoms with Gasteiger partial charge in [0.05, 0.1) is 11.3 Å². The molecule has 0 radical (unpaired) electrons. The number of carbonyl (C=O) groups excluding carboxylic acids is 1. The van der Waals surface area contributed by atoms with Crippen LogP contribution in [-0.2, 0) is 11.2 Å². The van der Waals surface area contributed by atoms with Crippen LogP contribution in [0.25, 0.3) is 0 Å². The summed E-state index contributed by atoms with van der Waals surface area (Å²) in [7, 11) is 0. The van der Waals surface area contributed by atoms with Crippen LogP contribution in [0.5, 0.6) is 0 Å². The molecule has 0 aliphatic heterocycles. The first-order chi connectivity index (χ1) is 12.4. The summed E-state index contributed by atoms with van der Waals surface area (Å²) in [4.78, 5) is 23.2. The maximum Gasteiger partial charge on any atom is 0.273 e. The van der Waals surface area contributed by atoms with Crippen LogP contribution in [0.2, 0.25) is 5.02 Å². The highest BCUT2D eigenvalue weighted by Crippen LogP contribution is 2.13. The van der Waals surface area contributed by atoms with Crippen molar-refractivity contribution in [3.8, 4) is 0 Å². The molecule has 138 valence electrons. The Labute approximate surface area is 156 Å². The predicted molar refractivity (Wildman–Crippen MR) is 106 cm³/mol. The van der Waals surface area contributed by atoms with Crippen molar-refractivity contribution in [2.75, 3.05) is 11.9 Å². The number of H-pyrrole nitrogens is 2. The van der Waals surface area contributed by atoms with Gasteiger partial charge in [-0.1, -0.05) is 11.6 Å². The third-order valence-electron chi connectivity index (χ3n) is 3.64. The van der Waals surface area contributed by atoms with Crippen LogP contribution in [0.15, 0.2) is 39.3 Å². The van der Waals surface area contributed by atoms with E-state index in [1.165, 1.54) is 6.92 Å². The SMILES string of the molecule is CC(=O)CC(C)=N/N=C(\C)c1c(CCNc2ccc(Cl)cc2)[nH][nH]c1=O. The fourth-order valence-electron chi connectivity index (χ4n) is 2.47. The number of nitrogens with one attached hydrogen (secondary N) is 3. The molecule has 3 N–H and O–H groups in total. The van der Waals surface area contributed by atoms with Gasteiger partial charge in [0, 0.05) is 41.5 Å². The zero-order valence-electron chi connectivity index (χ0n) is 15.0. The van der Waals surface area contributed by atoms with E-state index in [0.29, 0.717) is 35.0 Å². The molecule has 1 aromatic heterocycles. The van der Waals surface area contributed by atoms with Gasteiger partial charge in [0.1, 0.15) is 5.78 Å². The minimum Gasteiger partial charge on any atom is -0.385 e. The first-order valence-electron chi connectivity index (χ1n) is 8.23. The van der Waals surface area contributed by atoms with Gasteiger partial charge in [0.25, 0.3) is 5.56 Å². The number of benzene rings is 1. The van der Waals surface area contributed by atoms with Gasteiger partial charge in [-0.15, -0.1) is 0 Å². The monoisotopic (exact) mass is 375 g/mol. The number of Topliss-reactive ketones (excluding diaryl/α,β-unsaturated/α-hetero) is 1. The smallest absolute Gasteiger partial charge is 0.273 e. The fourth-order valence-corrected chi connectivity index (χ4v) is 2.60. The van der Waals surface area contributed by atoms with E-state index >= 15 is 0 Å². The molecular weight excluding hydrogens is 354 g/mol. The summed E-state index contributed by atoms with van der Waals surface area (Å²) in [6.45, 7) is 5.58. The van der Waals surface area contributed by atoms with Crippen LogP contribution in [0.4, 0.5) is 5.69 Å². The lowest BCUT2D eigenvalue weighted by Crippen LogP contribution is -2.14. The van der Waals surface area contributed by atoms with Gasteiger partial charge in [-0.05, 0) is 45.0 Å². The molecule has 0 fully saturated rings. The third kappa shape index (κ3) is 5.70. The summed E-state index contributed by atoms with van der Waals surface area (Å²) in [5.74, 6) is 0.0209. The Balaban J connectivity index is 2.06. The lowest BCUT2D eigenvalue weighted by molar-refractivity contribution is -0.115. The van der Waals surface area contributed by atoms with E-state index < -0.39 is 0 Å². The second-order valence-electron chi connectivity index (χ2n) is 6.02. The number of aromatic nitrogens is 2. The largest absolute Gasteiger partial charge is 0.385 e. The summed E-state index contributed by atoms with van der Waals surface area (Å²) in [6, 6.07) is 7.40. The molecule has 0 unspecified atom stereocenters. The highest BCUT2D eigenvalue weighted by atomic mass is 35.5. The molecule has 2 rings (SSSR count). The maximum atomic E-state index is 12.1. The van der Waals surface area contributed by atoms with Gasteiger partial charge < -0.3 is 10.4 Å². The third-order valence-corrected chi connectivity index (χ3v) is 3.89. The average Bonchev–Trinajstić information content (AvgIpc) is 2.95. The van der Waals surface area contributed by atoms with E-state index in [2.05, 4.69) is 25.7 Å². The molecule has 1 aromatic carbocycles. The van der Waals surface area contributed by atoms with Crippen molar-refractivity contribution in [1.29, 1.82) is 0 Å². The lowest BCUT2D eigenvalue weighted by atomic mass is 10.1. The molecule has 8 heteroatoms. The topological polar surface area (TPSA) is 102 Å². The quantitative estimate of drug-likeness (QED) is 0.487. The molecule has 0 spiro atoms. The highest BCUT2D eigenvalue weighted by Gasteiger charge is 2.13. The van der Waals surface area contributed by atoms with Gasteiger partial charge >= 0.3 is 0 Å². The Morgan fingerprint density at radius 3 is 2.46 bits per heavy atom. The summed E-state index contributed by atoms with van der Waals surface area (Å²) < 4.78 is 0. The minimum absolute atomic E-state index is 0.0209. The zero-order valence-corrected chi connectivity index (χ0v) is 15.8. The minimum atomic E-state index is -0.243. The van der Waals surface area contributed by atoms with Crippen molar-refractivity contribution >= 4 is 34.5 Å². The Morgan fingerprint density at radius 1 is 1.12 bits per heavy atom. The highest BCUT2D eigenvalue weighted by molar-refractivity contribution is 6.30. The van der Waals surface area contributed by atoms with Crippen molar-refractivity contribution < 1.29 is 4.79 Å². The number of halogens is 1. The van der Waals surface area contributed by atoms with E-state index in [1.807, 2.05) is 24.3 Å². The molecule has 7 nitrogen and oxygen atoms in total. The number of ketones is 1. The van der Waals surface area contributed by atoms with Gasteiger partial charge in [-0.2, -0.15) is 10.2 Å². The van der Waals surface area contributed by atoms with Crippen LogP contribution < -0.4 is 10.9 Å². The van der Waals surface area contributed by atoms with Crippen molar-refractivity contribution in [1.82, 2.24) is 10.2 Å². The first-order valence-corrected chi connectivity index (χ1v) is 8.61. The molecule has 1 heterocycles. The van der Waals surface area contributed by atoms with Gasteiger partial charge in [-0.25, -0.2) is 0 Å². The van der Waals surface area contributed by atoms with Crippen molar-refractivity contribution in [2.45, 2.75) is 33.6 Å². The number of carbonyl (C=O) groups is 1. The standard InChI is InChI=1S/C18H22ClN5O2/c1-11(10-12(2)25)21-22-13(3)17-16(23-24-18(17)26)8-9-20-15-6-4-14(19)5-7-15/h4-7,20H,8-10H2,1-3H3,(H2,23,24,26)/b21-11?,22-13+. The van der Waals surface area contributed by atoms with Gasteiger partial charge in [0.15, 0.2) is 0 Å². The number of nitrogens with zero attached hydrogens (tertiary/aromatic N) is 2. The first kappa shape index (κ1) is 19.7. The molecule has 0 bridgehead atoms. The molecular formula is C18H22ClN5O2. The van der Waals surface area contributed by atoms with Crippen molar-refractivity contribution in [3.63, 3.8) is 0 Å². The molecule has 26 heavy (non-hydrogen) atoms. The summed E-state index contributed by atoms with van der Waals surface area (Å²) in [6.07, 6.45) is 0.845. The average molecular weight is 376 g/mol. The van der Waals surface area contributed by atoms with E-state index in [1.54, 1.807) is 13.8 Å². The molecule has 0 aliphatic rings. The van der Waals surface area contributed by atoms with Crippen LogP contribution in [-0.4, -0.2) is 33.9 Å². The van der Waals surface area contributed by atoms with E-state index in [-0.39, 0.29) is 17.8 Å². The Hall–Kier alpha value is -2.67. The molecule has 0 atom stereocenters. The van der Waals surface area contributed by atoms with Crippen LogP contribution in [0.1, 0.15) is 38.4 Å². The molecule has 0 amide bonds. The number of anilines is 1. The number of hydrogen-bond acceptors (Lipinski definition) is 5. The second kappa shape index (κ2) is 9.15. The predicted octanol–water partition coefficient (Wildman–Crippen LogP) is 3.17. The lowest BCUT2D eigenvalue weighted by Gasteiger charge is -2.06. The summed E-state index contributed by atoms with van der Waals surface area (Å²) >= 11 is 5.87. The Bertz CT molecular complexity index is 878. The van der Waals surface area contributed by atoms with Crippen LogP contribution in [0.3, 0.4) is 0 Å². The van der Waals surface area contributed by atoms with Gasteiger partial charge in [0.2, 0.25) is 0 Å². The molecule has 2 aromatic rings. The number of rotatable bonds is 8. The Kier molecular flexibility index (Phi) is 6.91. The van der Waals surface area contributed by atoms with Crippen LogP contribution >= 0.6 is 11.6 Å². The second-order valence-corrected chi connectivity index (χ2v) is 6.45. The molecule has 0 saturated heterocycles. The molecule has 0 saturated carbocycles. The number of hydrogen-bond donors (Lipinski definition) is 3. The van der Waals surface area contributed by atoms with Gasteiger partial charge in [-0.3, -0.25) is 14.7 Å². The van der Waals surface area contributed by atoms with E-state index in [4.69, 9.17) is 11.6 Å². The fraction of sp³-hybridized carbons (Fsp3) is 0.333. The molecule has 0 aliphatic carbocycles. The zero-order chi connectivity index (χ0) is 19.1. The van der Waals surface area contributed by atoms with Crippen molar-refractivity contribution in [2.24, 2.45) is 10.2 Å². The Morgan fingerprint density at radius 2 is 1.81 bits per heavy atom. The summed E-state index contributed by atoms with van der Waals surface area (Å²) in [5, 5.41) is 17.5. The number of aromatic amines is 2.